The number of carbonyl (C=O) groups excluding carboxylic acids is 2. The van der Waals surface area contributed by atoms with Crippen LogP contribution in [0, 0.1) is 0 Å². The number of ether oxygens (including phenoxy) is 2. The van der Waals surface area contributed by atoms with Gasteiger partial charge in [-0.3, -0.25) is 18.6 Å². The zero-order chi connectivity index (χ0) is 24.1. The largest absolute Gasteiger partial charge is 0.472 e. The molecule has 0 saturated carbocycles. The number of rotatable bonds is 22. The fourth-order valence-electron chi connectivity index (χ4n) is 3.06. The normalized spacial score (nSPS) is 14.0. The van der Waals surface area contributed by atoms with Crippen molar-refractivity contribution in [3.8, 4) is 0 Å². The van der Waals surface area contributed by atoms with Gasteiger partial charge in [0.05, 0.1) is 13.2 Å². The fourth-order valence-corrected chi connectivity index (χ4v) is 3.83. The van der Waals surface area contributed by atoms with E-state index in [1.54, 1.807) is 0 Å². The van der Waals surface area contributed by atoms with E-state index < -0.39 is 32.5 Å². The molecule has 0 aromatic carbocycles. The SMILES string of the molecule is CCCCCCCCCCCCCCC(=O)OC(COC(C)=O)COP(=O)(O)OCCN. The molecule has 0 rings (SSSR count). The summed E-state index contributed by atoms with van der Waals surface area (Å²) in [5.41, 5.74) is 5.22. The first-order valence-corrected chi connectivity index (χ1v) is 13.4. The molecule has 0 spiro atoms. The molecule has 0 aromatic heterocycles. The Kier molecular flexibility index (Phi) is 20.0. The molecule has 0 fully saturated rings. The summed E-state index contributed by atoms with van der Waals surface area (Å²) < 4.78 is 31.2. The van der Waals surface area contributed by atoms with Gasteiger partial charge in [-0.25, -0.2) is 4.57 Å². The molecule has 190 valence electrons. The van der Waals surface area contributed by atoms with Crippen molar-refractivity contribution in [1.29, 1.82) is 0 Å². The Balaban J connectivity index is 3.98. The van der Waals surface area contributed by atoms with Gasteiger partial charge in [0.1, 0.15) is 6.61 Å². The maximum Gasteiger partial charge on any atom is 0.472 e. The molecule has 0 aliphatic carbocycles. The number of phosphoric ester groups is 1. The molecule has 0 aliphatic rings. The third-order valence-electron chi connectivity index (χ3n) is 4.80. The van der Waals surface area contributed by atoms with Crippen LogP contribution in [-0.4, -0.2) is 49.3 Å². The molecular weight excluding hydrogens is 437 g/mol. The minimum absolute atomic E-state index is 0.0544. The van der Waals surface area contributed by atoms with E-state index in [1.807, 2.05) is 0 Å². The molecule has 0 bridgehead atoms. The lowest BCUT2D eigenvalue weighted by atomic mass is 10.0. The van der Waals surface area contributed by atoms with Crippen LogP contribution in [0.25, 0.3) is 0 Å². The lowest BCUT2D eigenvalue weighted by molar-refractivity contribution is -0.160. The molecule has 3 N–H and O–H groups in total. The fraction of sp³-hybridized carbons (Fsp3) is 0.909. The van der Waals surface area contributed by atoms with Gasteiger partial charge in [0, 0.05) is 19.9 Å². The second-order valence-electron chi connectivity index (χ2n) is 7.94. The van der Waals surface area contributed by atoms with E-state index in [-0.39, 0.29) is 26.2 Å². The first-order chi connectivity index (χ1) is 15.3. The molecule has 10 heteroatoms. The van der Waals surface area contributed by atoms with E-state index in [1.165, 1.54) is 64.7 Å². The predicted molar refractivity (Wildman–Crippen MR) is 123 cm³/mol. The molecular formula is C22H44NO8P. The number of carbonyl (C=O) groups is 2. The van der Waals surface area contributed by atoms with E-state index in [2.05, 4.69) is 11.4 Å². The van der Waals surface area contributed by atoms with Crippen molar-refractivity contribution in [2.24, 2.45) is 5.73 Å². The van der Waals surface area contributed by atoms with Crippen molar-refractivity contribution < 1.29 is 37.6 Å². The highest BCUT2D eigenvalue weighted by atomic mass is 31.2. The first kappa shape index (κ1) is 31.0. The monoisotopic (exact) mass is 481 g/mol. The Bertz CT molecular complexity index is 532. The van der Waals surface area contributed by atoms with Gasteiger partial charge in [0.2, 0.25) is 0 Å². The number of hydrogen-bond donors (Lipinski definition) is 2. The Morgan fingerprint density at radius 1 is 0.875 bits per heavy atom. The van der Waals surface area contributed by atoms with Crippen LogP contribution in [0.5, 0.6) is 0 Å². The van der Waals surface area contributed by atoms with Crippen LogP contribution >= 0.6 is 7.82 Å². The highest BCUT2D eigenvalue weighted by Crippen LogP contribution is 2.43. The molecule has 9 nitrogen and oxygen atoms in total. The van der Waals surface area contributed by atoms with Gasteiger partial charge in [-0.2, -0.15) is 0 Å². The Morgan fingerprint density at radius 3 is 1.91 bits per heavy atom. The van der Waals surface area contributed by atoms with Crippen molar-refractivity contribution in [3.05, 3.63) is 0 Å². The maximum absolute atomic E-state index is 12.1. The predicted octanol–water partition coefficient (Wildman–Crippen LogP) is 4.64. The number of esters is 2. The van der Waals surface area contributed by atoms with Gasteiger partial charge in [-0.15, -0.1) is 0 Å². The average molecular weight is 482 g/mol. The molecule has 0 aromatic rings. The molecule has 0 heterocycles. The standard InChI is InChI=1S/C22H44NO8P/c1-3-4-5-6-7-8-9-10-11-12-13-14-15-22(25)31-21(18-28-20(2)24)19-30-32(26,27)29-17-16-23/h21H,3-19,23H2,1-2H3,(H,26,27). The van der Waals surface area contributed by atoms with Crippen molar-refractivity contribution >= 4 is 19.8 Å². The van der Waals surface area contributed by atoms with Crippen LogP contribution in [0.4, 0.5) is 0 Å². The quantitative estimate of drug-likeness (QED) is 0.129. The van der Waals surface area contributed by atoms with Crippen LogP contribution in [0.2, 0.25) is 0 Å². The molecule has 32 heavy (non-hydrogen) atoms. The summed E-state index contributed by atoms with van der Waals surface area (Å²) in [4.78, 5) is 32.6. The van der Waals surface area contributed by atoms with E-state index in [4.69, 9.17) is 19.7 Å². The second kappa shape index (κ2) is 20.6. The third kappa shape index (κ3) is 20.9. The zero-order valence-corrected chi connectivity index (χ0v) is 20.8. The molecule has 0 saturated heterocycles. The van der Waals surface area contributed by atoms with Crippen LogP contribution < -0.4 is 5.73 Å². The van der Waals surface area contributed by atoms with Gasteiger partial charge < -0.3 is 20.1 Å². The van der Waals surface area contributed by atoms with E-state index >= 15 is 0 Å². The highest BCUT2D eigenvalue weighted by molar-refractivity contribution is 7.47. The topological polar surface area (TPSA) is 134 Å². The summed E-state index contributed by atoms with van der Waals surface area (Å²) in [5.74, 6) is -1.02. The summed E-state index contributed by atoms with van der Waals surface area (Å²) in [6.07, 6.45) is 13.6. The highest BCUT2D eigenvalue weighted by Gasteiger charge is 2.25. The minimum atomic E-state index is -4.32. The Morgan fingerprint density at radius 2 is 1.41 bits per heavy atom. The molecule has 0 amide bonds. The van der Waals surface area contributed by atoms with Crippen molar-refractivity contribution in [2.75, 3.05) is 26.4 Å². The second-order valence-corrected chi connectivity index (χ2v) is 9.39. The summed E-state index contributed by atoms with van der Waals surface area (Å²) >= 11 is 0. The number of hydrogen-bond acceptors (Lipinski definition) is 8. The molecule has 2 atom stereocenters. The lowest BCUT2D eigenvalue weighted by Crippen LogP contribution is -2.29. The summed E-state index contributed by atoms with van der Waals surface area (Å²) in [6, 6.07) is 0. The Hall–Kier alpha value is -0.990. The number of nitrogens with two attached hydrogens (primary N) is 1. The maximum atomic E-state index is 12.1. The van der Waals surface area contributed by atoms with Crippen molar-refractivity contribution in [3.63, 3.8) is 0 Å². The Labute approximate surface area is 193 Å². The molecule has 0 radical (unpaired) electrons. The smallest absolute Gasteiger partial charge is 0.462 e. The third-order valence-corrected chi connectivity index (χ3v) is 5.79. The minimum Gasteiger partial charge on any atom is -0.462 e. The van der Waals surface area contributed by atoms with Gasteiger partial charge in [0.15, 0.2) is 6.10 Å². The summed E-state index contributed by atoms with van der Waals surface area (Å²) in [6.45, 7) is 2.64. The van der Waals surface area contributed by atoms with Gasteiger partial charge in [0.25, 0.3) is 0 Å². The van der Waals surface area contributed by atoms with Crippen molar-refractivity contribution in [1.82, 2.24) is 0 Å². The lowest BCUT2D eigenvalue weighted by Gasteiger charge is -2.19. The number of unbranched alkanes of at least 4 members (excludes halogenated alkanes) is 11. The van der Waals surface area contributed by atoms with Gasteiger partial charge in [-0.1, -0.05) is 77.6 Å². The van der Waals surface area contributed by atoms with E-state index in [0.29, 0.717) is 6.42 Å². The van der Waals surface area contributed by atoms with Crippen LogP contribution in [0.1, 0.15) is 97.3 Å². The number of phosphoric acid groups is 1. The molecule has 2 unspecified atom stereocenters. The first-order valence-electron chi connectivity index (χ1n) is 12.0. The van der Waals surface area contributed by atoms with Crippen LogP contribution in [-0.2, 0) is 32.7 Å². The van der Waals surface area contributed by atoms with Crippen LogP contribution in [0.15, 0.2) is 0 Å². The molecule has 0 aliphatic heterocycles. The van der Waals surface area contributed by atoms with E-state index in [0.717, 1.165) is 12.8 Å². The van der Waals surface area contributed by atoms with Gasteiger partial charge in [-0.05, 0) is 6.42 Å². The van der Waals surface area contributed by atoms with Crippen LogP contribution in [0.3, 0.4) is 0 Å². The summed E-state index contributed by atoms with van der Waals surface area (Å²) in [7, 11) is -4.32. The van der Waals surface area contributed by atoms with Gasteiger partial charge >= 0.3 is 19.8 Å². The summed E-state index contributed by atoms with van der Waals surface area (Å²) in [5, 5.41) is 0. The zero-order valence-electron chi connectivity index (χ0n) is 19.9. The van der Waals surface area contributed by atoms with Crippen molar-refractivity contribution in [2.45, 2.75) is 103 Å². The average Bonchev–Trinajstić information content (AvgIpc) is 2.75. The van der Waals surface area contributed by atoms with E-state index in [9.17, 15) is 19.0 Å².